The summed E-state index contributed by atoms with van der Waals surface area (Å²) in [4.78, 5) is 29.0. The fraction of sp³-hybridized carbons (Fsp3) is 0.310. The fourth-order valence-corrected chi connectivity index (χ4v) is 5.12. The maximum atomic E-state index is 14.0. The van der Waals surface area contributed by atoms with E-state index in [0.29, 0.717) is 6.42 Å². The number of nitrogens with one attached hydrogen (secondary N) is 1. The summed E-state index contributed by atoms with van der Waals surface area (Å²) in [5, 5.41) is 2.99. The quantitative estimate of drug-likeness (QED) is 0.313. The van der Waals surface area contributed by atoms with Crippen molar-refractivity contribution in [3.05, 3.63) is 100 Å². The topological polar surface area (TPSA) is 86.8 Å². The summed E-state index contributed by atoms with van der Waals surface area (Å²) in [5.41, 5.74) is 1.78. The third-order valence-corrected chi connectivity index (χ3v) is 8.00. The molecule has 2 amide bonds. The molecule has 0 radical (unpaired) electrons. The van der Waals surface area contributed by atoms with Crippen LogP contribution in [0.15, 0.2) is 83.3 Å². The van der Waals surface area contributed by atoms with Crippen molar-refractivity contribution in [3.63, 3.8) is 0 Å². The van der Waals surface area contributed by atoms with Gasteiger partial charge in [-0.2, -0.15) is 0 Å². The van der Waals surface area contributed by atoms with Gasteiger partial charge in [0.1, 0.15) is 18.4 Å². The molecule has 0 heterocycles. The fourth-order valence-electron chi connectivity index (χ4n) is 4.00. The molecule has 1 N–H and O–H groups in total. The van der Waals surface area contributed by atoms with E-state index in [1.165, 1.54) is 17.0 Å². The van der Waals surface area contributed by atoms with Crippen LogP contribution in [0.3, 0.4) is 0 Å². The lowest BCUT2D eigenvalue weighted by molar-refractivity contribution is -0.140. The van der Waals surface area contributed by atoms with Crippen LogP contribution in [0, 0.1) is 5.82 Å². The van der Waals surface area contributed by atoms with Crippen LogP contribution in [-0.2, 0) is 32.6 Å². The summed E-state index contributed by atoms with van der Waals surface area (Å²) in [5.74, 6) is -1.42. The molecule has 3 aromatic carbocycles. The number of benzene rings is 3. The Morgan fingerprint density at radius 2 is 1.56 bits per heavy atom. The summed E-state index contributed by atoms with van der Waals surface area (Å²) < 4.78 is 40.8. The Morgan fingerprint density at radius 1 is 0.949 bits per heavy atom. The molecule has 0 bridgehead atoms. The molecular weight excluding hydrogens is 585 g/mol. The molecule has 10 heteroatoms. The predicted molar refractivity (Wildman–Crippen MR) is 155 cm³/mol. The molecule has 0 aliphatic carbocycles. The summed E-state index contributed by atoms with van der Waals surface area (Å²) in [7, 11) is -3.91. The molecule has 3 aromatic rings. The molecule has 0 unspecified atom stereocenters. The zero-order chi connectivity index (χ0) is 28.6. The minimum Gasteiger partial charge on any atom is -0.352 e. The highest BCUT2D eigenvalue weighted by Crippen LogP contribution is 2.21. The third-order valence-electron chi connectivity index (χ3n) is 6.33. The number of carbonyl (C=O) groups is 2. The van der Waals surface area contributed by atoms with Gasteiger partial charge in [0.15, 0.2) is 0 Å². The van der Waals surface area contributed by atoms with Crippen LogP contribution in [0.5, 0.6) is 0 Å². The lowest BCUT2D eigenvalue weighted by Crippen LogP contribution is -2.54. The SMILES string of the molecule is CC[C@H](C)NC(=O)[C@@H](Cc1ccccc1)N(Cc1ccc(Br)cc1)C(=O)CN(c1ccc(F)cc1)S(C)(=O)=O. The Kier molecular flexibility index (Phi) is 10.7. The van der Waals surface area contributed by atoms with Gasteiger partial charge in [0.2, 0.25) is 21.8 Å². The standard InChI is InChI=1S/C29H33BrFN3O4S/c1-4-21(2)32-29(36)27(18-22-8-6-5-7-9-22)33(19-23-10-12-24(30)13-11-23)28(35)20-34(39(3,37)38)26-16-14-25(31)15-17-26/h5-17,21,27H,4,18-20H2,1-3H3,(H,32,36)/t21-,27+/m0/s1. The normalized spacial score (nSPS) is 12.8. The number of rotatable bonds is 12. The predicted octanol–water partition coefficient (Wildman–Crippen LogP) is 4.91. The second-order valence-electron chi connectivity index (χ2n) is 9.42. The first kappa shape index (κ1) is 30.3. The highest BCUT2D eigenvalue weighted by Gasteiger charge is 2.33. The van der Waals surface area contributed by atoms with E-state index in [9.17, 15) is 22.4 Å². The second-order valence-corrected chi connectivity index (χ2v) is 12.2. The first-order chi connectivity index (χ1) is 18.5. The van der Waals surface area contributed by atoms with Crippen molar-refractivity contribution in [2.75, 3.05) is 17.1 Å². The Morgan fingerprint density at radius 3 is 2.13 bits per heavy atom. The van der Waals surface area contributed by atoms with Crippen LogP contribution in [0.25, 0.3) is 0 Å². The first-order valence-corrected chi connectivity index (χ1v) is 15.2. The lowest BCUT2D eigenvalue weighted by Gasteiger charge is -2.34. The number of amides is 2. The number of carbonyl (C=O) groups excluding carboxylic acids is 2. The first-order valence-electron chi connectivity index (χ1n) is 12.6. The number of anilines is 1. The van der Waals surface area contributed by atoms with E-state index in [2.05, 4.69) is 21.2 Å². The highest BCUT2D eigenvalue weighted by atomic mass is 79.9. The van der Waals surface area contributed by atoms with E-state index >= 15 is 0 Å². The van der Waals surface area contributed by atoms with Gasteiger partial charge in [-0.1, -0.05) is 65.3 Å². The van der Waals surface area contributed by atoms with Crippen LogP contribution in [0.4, 0.5) is 10.1 Å². The van der Waals surface area contributed by atoms with Crippen molar-refractivity contribution < 1.29 is 22.4 Å². The highest BCUT2D eigenvalue weighted by molar-refractivity contribution is 9.10. The Bertz CT molecular complexity index is 1350. The van der Waals surface area contributed by atoms with E-state index in [4.69, 9.17) is 0 Å². The number of sulfonamides is 1. The van der Waals surface area contributed by atoms with E-state index in [1.54, 1.807) is 0 Å². The molecule has 2 atom stereocenters. The average Bonchev–Trinajstić information content (AvgIpc) is 2.90. The van der Waals surface area contributed by atoms with E-state index < -0.39 is 34.3 Å². The lowest BCUT2D eigenvalue weighted by atomic mass is 10.0. The van der Waals surface area contributed by atoms with Crippen molar-refractivity contribution in [1.82, 2.24) is 10.2 Å². The Hall–Kier alpha value is -3.24. The summed E-state index contributed by atoms with van der Waals surface area (Å²) >= 11 is 3.41. The zero-order valence-electron chi connectivity index (χ0n) is 22.2. The van der Waals surface area contributed by atoms with Gasteiger partial charge in [0, 0.05) is 23.5 Å². The van der Waals surface area contributed by atoms with E-state index in [1.807, 2.05) is 68.4 Å². The number of nitrogens with zero attached hydrogens (tertiary/aromatic N) is 2. The molecule has 0 saturated heterocycles. The third kappa shape index (κ3) is 8.90. The summed E-state index contributed by atoms with van der Waals surface area (Å²) in [6, 6.07) is 20.6. The van der Waals surface area contributed by atoms with E-state index in [0.717, 1.165) is 38.3 Å². The average molecular weight is 619 g/mol. The van der Waals surface area contributed by atoms with Gasteiger partial charge in [-0.05, 0) is 60.9 Å². The molecular formula is C29H33BrFN3O4S. The minimum absolute atomic E-state index is 0.0819. The molecule has 0 aliphatic heterocycles. The molecule has 0 fully saturated rings. The van der Waals surface area contributed by atoms with Crippen LogP contribution in [0.1, 0.15) is 31.4 Å². The smallest absolute Gasteiger partial charge is 0.244 e. The molecule has 0 spiro atoms. The van der Waals surface area contributed by atoms with Crippen molar-refractivity contribution in [2.24, 2.45) is 0 Å². The van der Waals surface area contributed by atoms with Gasteiger partial charge < -0.3 is 10.2 Å². The molecule has 0 saturated carbocycles. The minimum atomic E-state index is -3.91. The monoisotopic (exact) mass is 617 g/mol. The zero-order valence-corrected chi connectivity index (χ0v) is 24.6. The van der Waals surface area contributed by atoms with Crippen LogP contribution in [0.2, 0.25) is 0 Å². The van der Waals surface area contributed by atoms with Crippen molar-refractivity contribution >= 4 is 43.5 Å². The maximum Gasteiger partial charge on any atom is 0.244 e. The largest absolute Gasteiger partial charge is 0.352 e. The van der Waals surface area contributed by atoms with Gasteiger partial charge in [-0.3, -0.25) is 13.9 Å². The van der Waals surface area contributed by atoms with Crippen LogP contribution >= 0.6 is 15.9 Å². The molecule has 3 rings (SSSR count). The maximum absolute atomic E-state index is 14.0. The number of hydrogen-bond acceptors (Lipinski definition) is 4. The molecule has 0 aliphatic rings. The van der Waals surface area contributed by atoms with Gasteiger partial charge in [-0.25, -0.2) is 12.8 Å². The van der Waals surface area contributed by atoms with Crippen molar-refractivity contribution in [2.45, 2.75) is 45.3 Å². The Balaban J connectivity index is 2.04. The number of hydrogen-bond donors (Lipinski definition) is 1. The number of halogens is 2. The van der Waals surface area contributed by atoms with Gasteiger partial charge >= 0.3 is 0 Å². The summed E-state index contributed by atoms with van der Waals surface area (Å²) in [6.45, 7) is 3.37. The van der Waals surface area contributed by atoms with Crippen LogP contribution < -0.4 is 9.62 Å². The van der Waals surface area contributed by atoms with E-state index in [-0.39, 0.29) is 30.6 Å². The van der Waals surface area contributed by atoms with Crippen molar-refractivity contribution in [1.29, 1.82) is 0 Å². The Labute approximate surface area is 238 Å². The molecule has 208 valence electrons. The molecule has 7 nitrogen and oxygen atoms in total. The van der Waals surface area contributed by atoms with Crippen molar-refractivity contribution in [3.8, 4) is 0 Å². The van der Waals surface area contributed by atoms with Gasteiger partial charge in [0.25, 0.3) is 0 Å². The second kappa shape index (κ2) is 13.7. The molecule has 39 heavy (non-hydrogen) atoms. The van der Waals surface area contributed by atoms with Gasteiger partial charge in [0.05, 0.1) is 11.9 Å². The van der Waals surface area contributed by atoms with Crippen LogP contribution in [-0.4, -0.2) is 50.0 Å². The van der Waals surface area contributed by atoms with Gasteiger partial charge in [-0.15, -0.1) is 0 Å². The molecule has 0 aromatic heterocycles. The summed E-state index contributed by atoms with van der Waals surface area (Å²) in [6.07, 6.45) is 1.93.